The highest BCUT2D eigenvalue weighted by Gasteiger charge is 2.24. The average Bonchev–Trinajstić information content (AvgIpc) is 2.75. The molecule has 1 aromatic carbocycles. The maximum Gasteiger partial charge on any atom is 0.225 e. The zero-order valence-electron chi connectivity index (χ0n) is 18.4. The van der Waals surface area contributed by atoms with Crippen LogP contribution in [-0.4, -0.2) is 42.1 Å². The predicted molar refractivity (Wildman–Crippen MR) is 123 cm³/mol. The summed E-state index contributed by atoms with van der Waals surface area (Å²) in [5.74, 6) is 2.49. The fourth-order valence-electron chi connectivity index (χ4n) is 4.97. The molecule has 0 spiro atoms. The third kappa shape index (κ3) is 5.21. The number of nitrogens with zero attached hydrogens (tertiary/aromatic N) is 3. The van der Waals surface area contributed by atoms with E-state index in [1.807, 2.05) is 37.2 Å². The fourth-order valence-corrected chi connectivity index (χ4v) is 4.97. The average molecular weight is 410 g/mol. The first-order valence-corrected chi connectivity index (χ1v) is 11.6. The predicted octanol–water partition coefficient (Wildman–Crippen LogP) is 4.51. The SMILES string of the molecule is CN(C)c1nc(N[C@H]2CC[C@@H](NC(=O)CC3CCCCC3)CC2)nc2ccccc12. The lowest BCUT2D eigenvalue weighted by molar-refractivity contribution is -0.123. The fraction of sp³-hybridized carbons (Fsp3) is 0.625. The zero-order valence-corrected chi connectivity index (χ0v) is 18.4. The lowest BCUT2D eigenvalue weighted by Gasteiger charge is -2.30. The molecule has 2 N–H and O–H groups in total. The summed E-state index contributed by atoms with van der Waals surface area (Å²) in [6, 6.07) is 8.81. The number of anilines is 2. The molecule has 2 aliphatic carbocycles. The molecular weight excluding hydrogens is 374 g/mol. The monoisotopic (exact) mass is 409 g/mol. The summed E-state index contributed by atoms with van der Waals surface area (Å²) in [6.07, 6.45) is 11.2. The van der Waals surface area contributed by atoms with E-state index in [4.69, 9.17) is 9.97 Å². The van der Waals surface area contributed by atoms with Crippen LogP contribution < -0.4 is 15.5 Å². The third-order valence-corrected chi connectivity index (χ3v) is 6.63. The topological polar surface area (TPSA) is 70.2 Å². The van der Waals surface area contributed by atoms with Crippen LogP contribution >= 0.6 is 0 Å². The molecule has 2 fully saturated rings. The maximum atomic E-state index is 12.4. The Morgan fingerprint density at radius 3 is 2.40 bits per heavy atom. The molecule has 1 amide bonds. The van der Waals surface area contributed by atoms with Crippen molar-refractivity contribution in [2.24, 2.45) is 5.92 Å². The van der Waals surface area contributed by atoms with Gasteiger partial charge in [-0.1, -0.05) is 31.4 Å². The number of hydrogen-bond donors (Lipinski definition) is 2. The number of rotatable bonds is 6. The Bertz CT molecular complexity index is 854. The van der Waals surface area contributed by atoms with Gasteiger partial charge in [-0.2, -0.15) is 4.98 Å². The van der Waals surface area contributed by atoms with Crippen LogP contribution in [0.4, 0.5) is 11.8 Å². The molecule has 30 heavy (non-hydrogen) atoms. The summed E-state index contributed by atoms with van der Waals surface area (Å²) in [7, 11) is 4.03. The molecule has 4 rings (SSSR count). The number of hydrogen-bond acceptors (Lipinski definition) is 5. The van der Waals surface area contributed by atoms with E-state index in [-0.39, 0.29) is 5.91 Å². The van der Waals surface area contributed by atoms with Crippen LogP contribution in [0.15, 0.2) is 24.3 Å². The van der Waals surface area contributed by atoms with Crippen LogP contribution in [0.25, 0.3) is 10.9 Å². The van der Waals surface area contributed by atoms with E-state index >= 15 is 0 Å². The van der Waals surface area contributed by atoms with E-state index in [2.05, 4.69) is 16.7 Å². The second-order valence-corrected chi connectivity index (χ2v) is 9.25. The Labute approximate surface area is 179 Å². The van der Waals surface area contributed by atoms with Crippen LogP contribution in [0.1, 0.15) is 64.2 Å². The Kier molecular flexibility index (Phi) is 6.70. The highest BCUT2D eigenvalue weighted by molar-refractivity contribution is 5.90. The molecule has 1 heterocycles. The summed E-state index contributed by atoms with van der Waals surface area (Å²) in [5, 5.41) is 7.91. The quantitative estimate of drug-likeness (QED) is 0.735. The van der Waals surface area contributed by atoms with Crippen LogP contribution in [0.5, 0.6) is 0 Å². The van der Waals surface area contributed by atoms with Crippen LogP contribution in [-0.2, 0) is 4.79 Å². The van der Waals surface area contributed by atoms with Crippen molar-refractivity contribution in [1.82, 2.24) is 15.3 Å². The molecule has 1 aromatic heterocycles. The largest absolute Gasteiger partial charge is 0.362 e. The highest BCUT2D eigenvalue weighted by Crippen LogP contribution is 2.28. The van der Waals surface area contributed by atoms with Crippen molar-refractivity contribution >= 4 is 28.6 Å². The van der Waals surface area contributed by atoms with Gasteiger partial charge in [0.25, 0.3) is 0 Å². The van der Waals surface area contributed by atoms with Gasteiger partial charge in [-0.05, 0) is 56.6 Å². The Morgan fingerprint density at radius 2 is 1.67 bits per heavy atom. The number of nitrogens with one attached hydrogen (secondary N) is 2. The van der Waals surface area contributed by atoms with Crippen molar-refractivity contribution in [3.05, 3.63) is 24.3 Å². The third-order valence-electron chi connectivity index (χ3n) is 6.63. The number of carbonyl (C=O) groups excluding carboxylic acids is 1. The molecule has 2 saturated carbocycles. The molecule has 0 radical (unpaired) electrons. The molecule has 0 bridgehead atoms. The zero-order chi connectivity index (χ0) is 20.9. The Morgan fingerprint density at radius 1 is 0.967 bits per heavy atom. The minimum atomic E-state index is 0.256. The van der Waals surface area contributed by atoms with Crippen molar-refractivity contribution in [3.63, 3.8) is 0 Å². The number of aromatic nitrogens is 2. The highest BCUT2D eigenvalue weighted by atomic mass is 16.1. The summed E-state index contributed by atoms with van der Waals surface area (Å²) in [6.45, 7) is 0. The van der Waals surface area contributed by atoms with Gasteiger partial charge in [-0.25, -0.2) is 4.98 Å². The Hall–Kier alpha value is -2.37. The molecule has 6 nitrogen and oxygen atoms in total. The van der Waals surface area contributed by atoms with Crippen LogP contribution in [0.3, 0.4) is 0 Å². The van der Waals surface area contributed by atoms with Gasteiger partial charge >= 0.3 is 0 Å². The number of benzene rings is 1. The second kappa shape index (κ2) is 9.63. The van der Waals surface area contributed by atoms with Crippen molar-refractivity contribution < 1.29 is 4.79 Å². The minimum Gasteiger partial charge on any atom is -0.362 e. The van der Waals surface area contributed by atoms with Gasteiger partial charge in [0.15, 0.2) is 0 Å². The maximum absolute atomic E-state index is 12.4. The lowest BCUT2D eigenvalue weighted by Crippen LogP contribution is -2.41. The van der Waals surface area contributed by atoms with Gasteiger partial charge in [0.05, 0.1) is 5.52 Å². The van der Waals surface area contributed by atoms with E-state index in [0.717, 1.165) is 48.8 Å². The van der Waals surface area contributed by atoms with Gasteiger partial charge in [0, 0.05) is 38.0 Å². The first-order chi connectivity index (χ1) is 14.6. The minimum absolute atomic E-state index is 0.256. The molecule has 6 heteroatoms. The van der Waals surface area contributed by atoms with E-state index in [9.17, 15) is 4.79 Å². The molecular formula is C24H35N5O. The number of para-hydroxylation sites is 1. The molecule has 2 aliphatic rings. The van der Waals surface area contributed by atoms with Crippen molar-refractivity contribution in [1.29, 1.82) is 0 Å². The van der Waals surface area contributed by atoms with Gasteiger partial charge in [0.1, 0.15) is 5.82 Å². The molecule has 0 unspecified atom stereocenters. The van der Waals surface area contributed by atoms with E-state index in [0.29, 0.717) is 23.9 Å². The number of carbonyl (C=O) groups is 1. The molecule has 0 atom stereocenters. The molecule has 0 saturated heterocycles. The summed E-state index contributed by atoms with van der Waals surface area (Å²) in [5.41, 5.74) is 0.961. The first-order valence-electron chi connectivity index (χ1n) is 11.6. The van der Waals surface area contributed by atoms with Gasteiger partial charge < -0.3 is 15.5 Å². The van der Waals surface area contributed by atoms with Crippen molar-refractivity contribution in [3.8, 4) is 0 Å². The smallest absolute Gasteiger partial charge is 0.225 e. The Balaban J connectivity index is 1.30. The van der Waals surface area contributed by atoms with Crippen molar-refractivity contribution in [2.75, 3.05) is 24.3 Å². The normalized spacial score (nSPS) is 22.6. The van der Waals surface area contributed by atoms with Crippen molar-refractivity contribution in [2.45, 2.75) is 76.3 Å². The number of amides is 1. The number of fused-ring (bicyclic) bond motifs is 1. The van der Waals surface area contributed by atoms with Crippen LogP contribution in [0, 0.1) is 5.92 Å². The molecule has 0 aliphatic heterocycles. The van der Waals surface area contributed by atoms with E-state index in [1.165, 1.54) is 32.1 Å². The first kappa shape index (κ1) is 20.9. The molecule has 2 aromatic rings. The van der Waals surface area contributed by atoms with Gasteiger partial charge in [-0.3, -0.25) is 4.79 Å². The second-order valence-electron chi connectivity index (χ2n) is 9.25. The van der Waals surface area contributed by atoms with E-state index < -0.39 is 0 Å². The summed E-state index contributed by atoms with van der Waals surface area (Å²) < 4.78 is 0. The summed E-state index contributed by atoms with van der Waals surface area (Å²) in [4.78, 5) is 23.9. The lowest BCUT2D eigenvalue weighted by atomic mass is 9.86. The van der Waals surface area contributed by atoms with Crippen LogP contribution in [0.2, 0.25) is 0 Å². The molecule has 162 valence electrons. The van der Waals surface area contributed by atoms with Gasteiger partial charge in [0.2, 0.25) is 11.9 Å². The standard InChI is InChI=1S/C24H35N5O/c1-29(2)23-20-10-6-7-11-21(20)27-24(28-23)26-19-14-12-18(13-15-19)25-22(30)16-17-8-4-3-5-9-17/h6-7,10-11,17-19H,3-5,8-9,12-16H2,1-2H3,(H,25,30)(H,26,27,28)/t18-,19+. The summed E-state index contributed by atoms with van der Waals surface area (Å²) >= 11 is 0. The van der Waals surface area contributed by atoms with E-state index in [1.54, 1.807) is 0 Å². The van der Waals surface area contributed by atoms with Gasteiger partial charge in [-0.15, -0.1) is 0 Å².